The van der Waals surface area contributed by atoms with E-state index in [-0.39, 0.29) is 29.4 Å². The summed E-state index contributed by atoms with van der Waals surface area (Å²) in [6.45, 7) is 3.72. The van der Waals surface area contributed by atoms with Gasteiger partial charge in [0.05, 0.1) is 5.56 Å². The highest BCUT2D eigenvalue weighted by atomic mass is 19.4. The monoisotopic (exact) mass is 245 g/mol. The molecule has 1 aromatic carbocycles. The normalized spacial score (nSPS) is 11.9. The van der Waals surface area contributed by atoms with E-state index in [1.807, 2.05) is 13.8 Å². The molecule has 5 heteroatoms. The number of carbonyl (C=O) groups excluding carboxylic acids is 1. The molecule has 0 aromatic heterocycles. The summed E-state index contributed by atoms with van der Waals surface area (Å²) in [5.41, 5.74) is 4.68. The van der Waals surface area contributed by atoms with Crippen molar-refractivity contribution in [1.29, 1.82) is 0 Å². The van der Waals surface area contributed by atoms with Crippen LogP contribution in [0.3, 0.4) is 0 Å². The zero-order valence-electron chi connectivity index (χ0n) is 9.64. The lowest BCUT2D eigenvalue weighted by Crippen LogP contribution is -2.10. The molecule has 0 radical (unpaired) electrons. The maximum Gasteiger partial charge on any atom is 0.416 e. The number of ketones is 1. The van der Waals surface area contributed by atoms with Gasteiger partial charge in [-0.05, 0) is 24.1 Å². The number of nitrogen functional groups attached to an aromatic ring is 1. The predicted octanol–water partition coefficient (Wildman–Crippen LogP) is 3.52. The molecule has 2 N–H and O–H groups in total. The van der Waals surface area contributed by atoms with Gasteiger partial charge in [-0.15, -0.1) is 0 Å². The maximum absolute atomic E-state index is 12.4. The van der Waals surface area contributed by atoms with Gasteiger partial charge >= 0.3 is 6.18 Å². The average molecular weight is 245 g/mol. The smallest absolute Gasteiger partial charge is 0.398 e. The van der Waals surface area contributed by atoms with Crippen LogP contribution in [0.15, 0.2) is 18.2 Å². The van der Waals surface area contributed by atoms with Crippen molar-refractivity contribution in [2.75, 3.05) is 5.73 Å². The predicted molar refractivity (Wildman–Crippen MR) is 59.6 cm³/mol. The van der Waals surface area contributed by atoms with Crippen LogP contribution in [-0.2, 0) is 6.18 Å². The Morgan fingerprint density at radius 2 is 1.94 bits per heavy atom. The molecule has 0 saturated carbocycles. The summed E-state index contributed by atoms with van der Waals surface area (Å²) >= 11 is 0. The van der Waals surface area contributed by atoms with Crippen LogP contribution in [0.1, 0.15) is 36.2 Å². The zero-order valence-corrected chi connectivity index (χ0v) is 9.64. The van der Waals surface area contributed by atoms with Crippen LogP contribution in [0.2, 0.25) is 0 Å². The molecule has 0 aliphatic rings. The second kappa shape index (κ2) is 4.77. The van der Waals surface area contributed by atoms with E-state index in [1.54, 1.807) is 0 Å². The number of anilines is 1. The van der Waals surface area contributed by atoms with Crippen molar-refractivity contribution in [3.8, 4) is 0 Å². The van der Waals surface area contributed by atoms with E-state index < -0.39 is 11.7 Å². The van der Waals surface area contributed by atoms with Gasteiger partial charge in [0, 0.05) is 17.7 Å². The Morgan fingerprint density at radius 3 is 2.35 bits per heavy atom. The third-order valence-electron chi connectivity index (χ3n) is 2.27. The molecular weight excluding hydrogens is 231 g/mol. The molecular formula is C12H14F3NO. The maximum atomic E-state index is 12.4. The summed E-state index contributed by atoms with van der Waals surface area (Å²) in [6.07, 6.45) is -4.16. The van der Waals surface area contributed by atoms with Crippen LogP contribution >= 0.6 is 0 Å². The van der Waals surface area contributed by atoms with Crippen LogP contribution in [-0.4, -0.2) is 5.78 Å². The SMILES string of the molecule is CC(C)CC(=O)c1ccc(C(F)(F)F)cc1N. The van der Waals surface area contributed by atoms with E-state index in [1.165, 1.54) is 0 Å². The molecule has 94 valence electrons. The molecule has 1 rings (SSSR count). The summed E-state index contributed by atoms with van der Waals surface area (Å²) in [6, 6.07) is 2.82. The molecule has 17 heavy (non-hydrogen) atoms. The Bertz CT molecular complexity index is 424. The lowest BCUT2D eigenvalue weighted by Gasteiger charge is -2.11. The van der Waals surface area contributed by atoms with Gasteiger partial charge < -0.3 is 5.73 Å². The molecule has 0 saturated heterocycles. The quantitative estimate of drug-likeness (QED) is 0.654. The third-order valence-corrected chi connectivity index (χ3v) is 2.27. The van der Waals surface area contributed by atoms with Crippen molar-refractivity contribution in [1.82, 2.24) is 0 Å². The van der Waals surface area contributed by atoms with E-state index in [0.29, 0.717) is 0 Å². The first-order chi connectivity index (χ1) is 7.71. The number of Topliss-reactive ketones (excluding diaryl/α,β-unsaturated/α-hetero) is 1. The highest BCUT2D eigenvalue weighted by Crippen LogP contribution is 2.31. The van der Waals surface area contributed by atoms with Crippen LogP contribution in [0.4, 0.5) is 18.9 Å². The van der Waals surface area contributed by atoms with Crippen molar-refractivity contribution in [2.45, 2.75) is 26.4 Å². The largest absolute Gasteiger partial charge is 0.416 e. The number of nitrogens with two attached hydrogens (primary N) is 1. The first kappa shape index (κ1) is 13.5. The Labute approximate surface area is 97.6 Å². The molecule has 0 bridgehead atoms. The lowest BCUT2D eigenvalue weighted by atomic mass is 9.98. The van der Waals surface area contributed by atoms with Crippen LogP contribution < -0.4 is 5.73 Å². The summed E-state index contributed by atoms with van der Waals surface area (Å²) in [7, 11) is 0. The number of alkyl halides is 3. The number of halogens is 3. The molecule has 0 atom stereocenters. The standard InChI is InChI=1S/C12H14F3NO/c1-7(2)5-11(17)9-4-3-8(6-10(9)16)12(13,14)15/h3-4,6-7H,5,16H2,1-2H3. The minimum absolute atomic E-state index is 0.120. The molecule has 0 heterocycles. The van der Waals surface area contributed by atoms with Crippen molar-refractivity contribution in [3.05, 3.63) is 29.3 Å². The van der Waals surface area contributed by atoms with Crippen molar-refractivity contribution in [2.24, 2.45) is 5.92 Å². The van der Waals surface area contributed by atoms with E-state index in [0.717, 1.165) is 18.2 Å². The molecule has 0 aliphatic heterocycles. The fraction of sp³-hybridized carbons (Fsp3) is 0.417. The van der Waals surface area contributed by atoms with Crippen LogP contribution in [0.25, 0.3) is 0 Å². The Kier molecular flexibility index (Phi) is 3.80. The first-order valence-corrected chi connectivity index (χ1v) is 5.21. The number of rotatable bonds is 3. The minimum atomic E-state index is -4.44. The second-order valence-corrected chi connectivity index (χ2v) is 4.32. The van der Waals surface area contributed by atoms with E-state index in [2.05, 4.69) is 0 Å². The number of carbonyl (C=O) groups is 1. The third kappa shape index (κ3) is 3.47. The molecule has 0 fully saturated rings. The highest BCUT2D eigenvalue weighted by Gasteiger charge is 2.31. The fourth-order valence-electron chi connectivity index (χ4n) is 1.47. The van der Waals surface area contributed by atoms with E-state index in [9.17, 15) is 18.0 Å². The van der Waals surface area contributed by atoms with Gasteiger partial charge in [-0.25, -0.2) is 0 Å². The highest BCUT2D eigenvalue weighted by molar-refractivity contribution is 6.00. The second-order valence-electron chi connectivity index (χ2n) is 4.32. The van der Waals surface area contributed by atoms with Gasteiger partial charge in [0.15, 0.2) is 5.78 Å². The van der Waals surface area contributed by atoms with Crippen molar-refractivity contribution < 1.29 is 18.0 Å². The molecule has 2 nitrogen and oxygen atoms in total. The molecule has 0 spiro atoms. The molecule has 0 aliphatic carbocycles. The molecule has 1 aromatic rings. The number of hydrogen-bond donors (Lipinski definition) is 1. The number of hydrogen-bond acceptors (Lipinski definition) is 2. The van der Waals surface area contributed by atoms with Gasteiger partial charge in [-0.3, -0.25) is 4.79 Å². The summed E-state index contributed by atoms with van der Waals surface area (Å²) in [5, 5.41) is 0. The van der Waals surface area contributed by atoms with Gasteiger partial charge in [-0.1, -0.05) is 13.8 Å². The Balaban J connectivity index is 3.02. The summed E-state index contributed by atoms with van der Waals surface area (Å²) < 4.78 is 37.1. The Morgan fingerprint density at radius 1 is 1.35 bits per heavy atom. The van der Waals surface area contributed by atoms with Crippen molar-refractivity contribution >= 4 is 11.5 Å². The average Bonchev–Trinajstić information content (AvgIpc) is 2.14. The number of benzene rings is 1. The van der Waals surface area contributed by atoms with Crippen molar-refractivity contribution in [3.63, 3.8) is 0 Å². The Hall–Kier alpha value is -1.52. The first-order valence-electron chi connectivity index (χ1n) is 5.21. The topological polar surface area (TPSA) is 43.1 Å². The fourth-order valence-corrected chi connectivity index (χ4v) is 1.47. The minimum Gasteiger partial charge on any atom is -0.398 e. The van der Waals surface area contributed by atoms with Gasteiger partial charge in [0.1, 0.15) is 0 Å². The van der Waals surface area contributed by atoms with E-state index >= 15 is 0 Å². The van der Waals surface area contributed by atoms with Gasteiger partial charge in [0.2, 0.25) is 0 Å². The van der Waals surface area contributed by atoms with Crippen LogP contribution in [0.5, 0.6) is 0 Å². The zero-order chi connectivity index (χ0) is 13.2. The molecule has 0 amide bonds. The lowest BCUT2D eigenvalue weighted by molar-refractivity contribution is -0.137. The molecule has 0 unspecified atom stereocenters. The van der Waals surface area contributed by atoms with Gasteiger partial charge in [-0.2, -0.15) is 13.2 Å². The van der Waals surface area contributed by atoms with E-state index in [4.69, 9.17) is 5.73 Å². The van der Waals surface area contributed by atoms with Gasteiger partial charge in [0.25, 0.3) is 0 Å². The summed E-state index contributed by atoms with van der Waals surface area (Å²) in [4.78, 5) is 11.7. The summed E-state index contributed by atoms with van der Waals surface area (Å²) in [5.74, 6) is -0.0876. The van der Waals surface area contributed by atoms with Crippen LogP contribution in [0, 0.1) is 5.92 Å².